The van der Waals surface area contributed by atoms with Crippen LogP contribution in [0.3, 0.4) is 0 Å². The van der Waals surface area contributed by atoms with Crippen LogP contribution in [0.5, 0.6) is 0 Å². The lowest BCUT2D eigenvalue weighted by Crippen LogP contribution is -2.40. The maximum absolute atomic E-state index is 11.5. The first-order chi connectivity index (χ1) is 6.62. The molecule has 14 heavy (non-hydrogen) atoms. The highest BCUT2D eigenvalue weighted by Gasteiger charge is 2.43. The van der Waals surface area contributed by atoms with Crippen molar-refractivity contribution in [1.82, 2.24) is 5.32 Å². The number of aliphatic hydroxyl groups excluding tert-OH is 1. The zero-order valence-corrected chi connectivity index (χ0v) is 8.88. The van der Waals surface area contributed by atoms with Gasteiger partial charge in [0.25, 0.3) is 0 Å². The van der Waals surface area contributed by atoms with Crippen molar-refractivity contribution in [2.75, 3.05) is 20.3 Å². The molecule has 4 nitrogen and oxygen atoms in total. The molecule has 0 aromatic carbocycles. The summed E-state index contributed by atoms with van der Waals surface area (Å²) in [6.45, 7) is 2.62. The number of hydrogen-bond donors (Lipinski definition) is 2. The van der Waals surface area contributed by atoms with Crippen LogP contribution >= 0.6 is 0 Å². The zero-order valence-electron chi connectivity index (χ0n) is 8.88. The van der Waals surface area contributed by atoms with Gasteiger partial charge in [-0.1, -0.05) is 6.92 Å². The summed E-state index contributed by atoms with van der Waals surface area (Å²) in [6, 6.07) is 0. The van der Waals surface area contributed by atoms with Crippen LogP contribution in [0.25, 0.3) is 0 Å². The predicted octanol–water partition coefficient (Wildman–Crippen LogP) is 0.300. The zero-order chi connectivity index (χ0) is 10.6. The molecule has 1 aliphatic carbocycles. The molecule has 0 aromatic rings. The van der Waals surface area contributed by atoms with Gasteiger partial charge in [0.15, 0.2) is 0 Å². The summed E-state index contributed by atoms with van der Waals surface area (Å²) in [4.78, 5) is 11.5. The fourth-order valence-electron chi connectivity index (χ4n) is 1.48. The Hall–Kier alpha value is -0.610. The van der Waals surface area contributed by atoms with E-state index in [0.29, 0.717) is 13.0 Å². The van der Waals surface area contributed by atoms with Crippen LogP contribution in [-0.2, 0) is 9.53 Å². The SMILES string of the molecule is COCC(C)CC(=O)NC1(CO)CC1. The number of hydrogen-bond acceptors (Lipinski definition) is 3. The van der Waals surface area contributed by atoms with E-state index in [2.05, 4.69) is 5.32 Å². The molecule has 1 fully saturated rings. The van der Waals surface area contributed by atoms with Crippen molar-refractivity contribution >= 4 is 5.91 Å². The molecule has 0 aliphatic heterocycles. The largest absolute Gasteiger partial charge is 0.394 e. The summed E-state index contributed by atoms with van der Waals surface area (Å²) < 4.78 is 4.95. The number of amides is 1. The molecule has 1 unspecified atom stereocenters. The highest BCUT2D eigenvalue weighted by atomic mass is 16.5. The molecule has 1 atom stereocenters. The summed E-state index contributed by atoms with van der Waals surface area (Å²) in [5, 5.41) is 11.9. The summed E-state index contributed by atoms with van der Waals surface area (Å²) in [6.07, 6.45) is 2.26. The lowest BCUT2D eigenvalue weighted by Gasteiger charge is -2.16. The van der Waals surface area contributed by atoms with E-state index < -0.39 is 0 Å². The number of carbonyl (C=O) groups is 1. The van der Waals surface area contributed by atoms with Crippen LogP contribution in [0.2, 0.25) is 0 Å². The predicted molar refractivity (Wildman–Crippen MR) is 52.9 cm³/mol. The number of carbonyl (C=O) groups excluding carboxylic acids is 1. The maximum Gasteiger partial charge on any atom is 0.220 e. The van der Waals surface area contributed by atoms with Crippen LogP contribution in [0.15, 0.2) is 0 Å². The Kier molecular flexibility index (Phi) is 3.89. The van der Waals surface area contributed by atoms with Gasteiger partial charge in [0.1, 0.15) is 0 Å². The van der Waals surface area contributed by atoms with Crippen LogP contribution in [0.1, 0.15) is 26.2 Å². The van der Waals surface area contributed by atoms with E-state index in [1.807, 2.05) is 6.92 Å². The van der Waals surface area contributed by atoms with Gasteiger partial charge in [-0.15, -0.1) is 0 Å². The summed E-state index contributed by atoms with van der Waals surface area (Å²) in [5.74, 6) is 0.246. The second kappa shape index (κ2) is 4.75. The Labute approximate surface area is 84.6 Å². The fraction of sp³-hybridized carbons (Fsp3) is 0.900. The first-order valence-corrected chi connectivity index (χ1v) is 5.03. The molecule has 1 saturated carbocycles. The molecule has 1 amide bonds. The summed E-state index contributed by atoms with van der Waals surface area (Å²) in [7, 11) is 1.63. The van der Waals surface area contributed by atoms with Crippen LogP contribution < -0.4 is 5.32 Å². The summed E-state index contributed by atoms with van der Waals surface area (Å²) >= 11 is 0. The number of ether oxygens (including phenoxy) is 1. The Balaban J connectivity index is 2.22. The highest BCUT2D eigenvalue weighted by molar-refractivity contribution is 5.77. The van der Waals surface area contributed by atoms with Gasteiger partial charge in [0.2, 0.25) is 5.91 Å². The molecule has 82 valence electrons. The van der Waals surface area contributed by atoms with E-state index in [-0.39, 0.29) is 24.0 Å². The maximum atomic E-state index is 11.5. The van der Waals surface area contributed by atoms with Gasteiger partial charge in [-0.3, -0.25) is 4.79 Å². The average molecular weight is 201 g/mol. The number of aliphatic hydroxyl groups is 1. The van der Waals surface area contributed by atoms with Crippen molar-refractivity contribution in [3.8, 4) is 0 Å². The first kappa shape index (κ1) is 11.5. The molecule has 0 aromatic heterocycles. The van der Waals surface area contributed by atoms with E-state index in [4.69, 9.17) is 9.84 Å². The number of methoxy groups -OCH3 is 1. The molecule has 4 heteroatoms. The van der Waals surface area contributed by atoms with Gasteiger partial charge < -0.3 is 15.2 Å². The summed E-state index contributed by atoms with van der Waals surface area (Å²) in [5.41, 5.74) is -0.288. The number of rotatable bonds is 6. The third kappa shape index (κ3) is 3.27. The van der Waals surface area contributed by atoms with Crippen LogP contribution in [-0.4, -0.2) is 36.9 Å². The molecule has 1 rings (SSSR count). The first-order valence-electron chi connectivity index (χ1n) is 5.03. The molecule has 0 radical (unpaired) electrons. The van der Waals surface area contributed by atoms with Gasteiger partial charge >= 0.3 is 0 Å². The Morgan fingerprint density at radius 2 is 2.29 bits per heavy atom. The highest BCUT2D eigenvalue weighted by Crippen LogP contribution is 2.34. The lowest BCUT2D eigenvalue weighted by molar-refractivity contribution is -0.123. The second-order valence-electron chi connectivity index (χ2n) is 4.25. The van der Waals surface area contributed by atoms with Gasteiger partial charge in [0, 0.05) is 20.1 Å². The minimum Gasteiger partial charge on any atom is -0.394 e. The molecular weight excluding hydrogens is 182 g/mol. The molecule has 2 N–H and O–H groups in total. The van der Waals surface area contributed by atoms with Crippen molar-refractivity contribution < 1.29 is 14.6 Å². The molecule has 1 aliphatic rings. The normalized spacial score (nSPS) is 20.2. The van der Waals surface area contributed by atoms with E-state index >= 15 is 0 Å². The monoisotopic (exact) mass is 201 g/mol. The second-order valence-corrected chi connectivity index (χ2v) is 4.25. The Morgan fingerprint density at radius 1 is 1.64 bits per heavy atom. The number of nitrogens with one attached hydrogen (secondary N) is 1. The van der Waals surface area contributed by atoms with Crippen molar-refractivity contribution in [2.24, 2.45) is 5.92 Å². The van der Waals surface area contributed by atoms with Gasteiger partial charge in [-0.2, -0.15) is 0 Å². The van der Waals surface area contributed by atoms with Crippen LogP contribution in [0.4, 0.5) is 0 Å². The van der Waals surface area contributed by atoms with E-state index in [9.17, 15) is 4.79 Å². The molecule has 0 saturated heterocycles. The lowest BCUT2D eigenvalue weighted by atomic mass is 10.1. The van der Waals surface area contributed by atoms with E-state index in [1.165, 1.54) is 0 Å². The Bertz CT molecular complexity index is 202. The van der Waals surface area contributed by atoms with Gasteiger partial charge in [-0.25, -0.2) is 0 Å². The smallest absolute Gasteiger partial charge is 0.220 e. The molecule has 0 spiro atoms. The van der Waals surface area contributed by atoms with Crippen molar-refractivity contribution in [1.29, 1.82) is 0 Å². The minimum absolute atomic E-state index is 0.0149. The Morgan fingerprint density at radius 3 is 2.71 bits per heavy atom. The van der Waals surface area contributed by atoms with Crippen molar-refractivity contribution in [3.63, 3.8) is 0 Å². The van der Waals surface area contributed by atoms with Crippen molar-refractivity contribution in [3.05, 3.63) is 0 Å². The molecule has 0 heterocycles. The fourth-order valence-corrected chi connectivity index (χ4v) is 1.48. The van der Waals surface area contributed by atoms with E-state index in [1.54, 1.807) is 7.11 Å². The van der Waals surface area contributed by atoms with Gasteiger partial charge in [-0.05, 0) is 18.8 Å². The third-order valence-corrected chi connectivity index (χ3v) is 2.55. The van der Waals surface area contributed by atoms with Crippen molar-refractivity contribution in [2.45, 2.75) is 31.7 Å². The standard InChI is InChI=1S/C10H19NO3/c1-8(6-14-2)5-9(13)11-10(7-12)3-4-10/h8,12H,3-7H2,1-2H3,(H,11,13). The van der Waals surface area contributed by atoms with Gasteiger partial charge in [0.05, 0.1) is 12.1 Å². The molecular formula is C10H19NO3. The van der Waals surface area contributed by atoms with Crippen LogP contribution in [0, 0.1) is 5.92 Å². The van der Waals surface area contributed by atoms with E-state index in [0.717, 1.165) is 12.8 Å². The third-order valence-electron chi connectivity index (χ3n) is 2.55. The quantitative estimate of drug-likeness (QED) is 0.650. The average Bonchev–Trinajstić information content (AvgIpc) is 2.85. The molecule has 0 bridgehead atoms. The minimum atomic E-state index is -0.288. The topological polar surface area (TPSA) is 58.6 Å².